The molecule has 0 saturated carbocycles. The van der Waals surface area contributed by atoms with Gasteiger partial charge in [0.2, 0.25) is 0 Å². The molecule has 0 bridgehead atoms. The number of hydrogen-bond acceptors (Lipinski definition) is 4. The Balaban J connectivity index is 0.00000196. The van der Waals surface area contributed by atoms with E-state index >= 15 is 0 Å². The van der Waals surface area contributed by atoms with Gasteiger partial charge in [-0.3, -0.25) is 4.79 Å². The second kappa shape index (κ2) is 5.58. The van der Waals surface area contributed by atoms with Gasteiger partial charge in [-0.25, -0.2) is 0 Å². The number of ketones is 1. The van der Waals surface area contributed by atoms with Crippen molar-refractivity contribution in [2.75, 3.05) is 20.6 Å². The van der Waals surface area contributed by atoms with Crippen molar-refractivity contribution >= 4 is 18.2 Å². The van der Waals surface area contributed by atoms with E-state index in [1.807, 2.05) is 0 Å². The molecule has 0 aliphatic carbocycles. The summed E-state index contributed by atoms with van der Waals surface area (Å²) in [6, 6.07) is 4.35. The van der Waals surface area contributed by atoms with Crippen LogP contribution in [0.1, 0.15) is 10.4 Å². The fraction of sp³-hybridized carbons (Fsp3) is 0.300. The van der Waals surface area contributed by atoms with Gasteiger partial charge in [0.25, 0.3) is 0 Å². The number of halogens is 1. The summed E-state index contributed by atoms with van der Waals surface area (Å²) in [6.07, 6.45) is 0. The van der Waals surface area contributed by atoms with Gasteiger partial charge in [-0.15, -0.1) is 12.4 Å². The minimum Gasteiger partial charge on any atom is -0.504 e. The Morgan fingerprint density at radius 1 is 1.33 bits per heavy atom. The number of likely N-dealkylation sites (N-methyl/N-ethyl adjacent to an activating group) is 1. The van der Waals surface area contributed by atoms with Gasteiger partial charge in [-0.2, -0.15) is 0 Å². The molecule has 0 unspecified atom stereocenters. The van der Waals surface area contributed by atoms with Crippen LogP contribution in [0, 0.1) is 0 Å². The first-order chi connectivity index (χ1) is 6.52. The van der Waals surface area contributed by atoms with E-state index in [9.17, 15) is 9.90 Å². The van der Waals surface area contributed by atoms with Crippen LogP contribution >= 0.6 is 12.4 Å². The van der Waals surface area contributed by atoms with Gasteiger partial charge in [0.05, 0.1) is 12.1 Å². The van der Waals surface area contributed by atoms with Gasteiger partial charge in [-0.05, 0) is 26.2 Å². The summed E-state index contributed by atoms with van der Waals surface area (Å²) in [5, 5.41) is 18.6. The molecule has 0 atom stereocenters. The van der Waals surface area contributed by atoms with Gasteiger partial charge in [0, 0.05) is 0 Å². The fourth-order valence-corrected chi connectivity index (χ4v) is 1.13. The summed E-state index contributed by atoms with van der Waals surface area (Å²) in [6.45, 7) is 0.205. The number of carbonyl (C=O) groups excluding carboxylic acids is 1. The molecule has 2 N–H and O–H groups in total. The van der Waals surface area contributed by atoms with Crippen LogP contribution in [-0.4, -0.2) is 41.5 Å². The van der Waals surface area contributed by atoms with Gasteiger partial charge in [0.1, 0.15) is 0 Å². The number of rotatable bonds is 3. The van der Waals surface area contributed by atoms with Gasteiger partial charge in [-0.1, -0.05) is 6.07 Å². The van der Waals surface area contributed by atoms with Crippen LogP contribution in [0.2, 0.25) is 0 Å². The average molecular weight is 232 g/mol. The van der Waals surface area contributed by atoms with Gasteiger partial charge >= 0.3 is 0 Å². The number of phenols is 2. The Bertz CT molecular complexity index is 353. The van der Waals surface area contributed by atoms with Crippen LogP contribution in [-0.2, 0) is 0 Å². The third-order valence-corrected chi connectivity index (χ3v) is 1.77. The SMILES string of the molecule is CN(C)CC(=O)c1cccc(O)c1O.Cl. The number of carbonyl (C=O) groups is 1. The van der Waals surface area contributed by atoms with Crippen LogP contribution in [0.15, 0.2) is 18.2 Å². The Morgan fingerprint density at radius 2 is 1.93 bits per heavy atom. The molecule has 0 amide bonds. The van der Waals surface area contributed by atoms with Crippen molar-refractivity contribution in [1.29, 1.82) is 0 Å². The highest BCUT2D eigenvalue weighted by Gasteiger charge is 2.13. The topological polar surface area (TPSA) is 60.8 Å². The number of aromatic hydroxyl groups is 2. The van der Waals surface area contributed by atoms with E-state index in [0.29, 0.717) is 0 Å². The maximum atomic E-state index is 11.5. The van der Waals surface area contributed by atoms with Crippen molar-refractivity contribution in [2.24, 2.45) is 0 Å². The molecule has 1 aromatic carbocycles. The van der Waals surface area contributed by atoms with Gasteiger partial charge in [0.15, 0.2) is 17.3 Å². The summed E-state index contributed by atoms with van der Waals surface area (Å²) in [7, 11) is 3.52. The molecular formula is C10H14ClNO3. The Hall–Kier alpha value is -1.26. The summed E-state index contributed by atoms with van der Waals surface area (Å²) >= 11 is 0. The first kappa shape index (κ1) is 13.7. The van der Waals surface area contributed by atoms with E-state index in [4.69, 9.17) is 5.11 Å². The third kappa shape index (κ3) is 3.42. The molecule has 0 saturated heterocycles. The van der Waals surface area contributed by atoms with E-state index < -0.39 is 0 Å². The van der Waals surface area contributed by atoms with Crippen molar-refractivity contribution in [3.63, 3.8) is 0 Å². The van der Waals surface area contributed by atoms with Gasteiger partial charge < -0.3 is 15.1 Å². The molecule has 5 heteroatoms. The lowest BCUT2D eigenvalue weighted by Crippen LogP contribution is -2.21. The number of Topliss-reactive ketones (excluding diaryl/α,β-unsaturated/α-hetero) is 1. The van der Waals surface area contributed by atoms with Crippen molar-refractivity contribution in [1.82, 2.24) is 4.90 Å². The van der Waals surface area contributed by atoms with Crippen LogP contribution in [0.4, 0.5) is 0 Å². The van der Waals surface area contributed by atoms with E-state index in [0.717, 1.165) is 0 Å². The molecule has 0 aliphatic rings. The van der Waals surface area contributed by atoms with Crippen molar-refractivity contribution < 1.29 is 15.0 Å². The highest BCUT2D eigenvalue weighted by molar-refractivity contribution is 6.00. The third-order valence-electron chi connectivity index (χ3n) is 1.77. The zero-order valence-electron chi connectivity index (χ0n) is 8.60. The standard InChI is InChI=1S/C10H13NO3.ClH/c1-11(2)6-9(13)7-4-3-5-8(12)10(7)14;/h3-5,12,14H,6H2,1-2H3;1H. The zero-order chi connectivity index (χ0) is 10.7. The Labute approximate surface area is 94.6 Å². The first-order valence-electron chi connectivity index (χ1n) is 4.21. The summed E-state index contributed by atoms with van der Waals surface area (Å²) in [5.74, 6) is -0.836. The lowest BCUT2D eigenvalue weighted by Gasteiger charge is -2.09. The highest BCUT2D eigenvalue weighted by Crippen LogP contribution is 2.28. The van der Waals surface area contributed by atoms with Crippen molar-refractivity contribution in [3.05, 3.63) is 23.8 Å². The molecule has 0 fully saturated rings. The molecule has 0 heterocycles. The van der Waals surface area contributed by atoms with Crippen LogP contribution in [0.5, 0.6) is 11.5 Å². The maximum Gasteiger partial charge on any atom is 0.180 e. The molecule has 4 nitrogen and oxygen atoms in total. The number of hydrogen-bond donors (Lipinski definition) is 2. The van der Waals surface area contributed by atoms with Crippen molar-refractivity contribution in [2.45, 2.75) is 0 Å². The smallest absolute Gasteiger partial charge is 0.180 e. The van der Waals surface area contributed by atoms with Crippen molar-refractivity contribution in [3.8, 4) is 11.5 Å². The summed E-state index contributed by atoms with van der Waals surface area (Å²) in [4.78, 5) is 13.2. The molecule has 0 aromatic heterocycles. The fourth-order valence-electron chi connectivity index (χ4n) is 1.13. The molecular weight excluding hydrogens is 218 g/mol. The molecule has 15 heavy (non-hydrogen) atoms. The summed E-state index contributed by atoms with van der Waals surface area (Å²) < 4.78 is 0. The minimum atomic E-state index is -0.348. The van der Waals surface area contributed by atoms with E-state index in [2.05, 4.69) is 0 Å². The minimum absolute atomic E-state index is 0. The molecule has 1 aromatic rings. The second-order valence-electron chi connectivity index (χ2n) is 3.33. The predicted molar refractivity (Wildman–Crippen MR) is 59.9 cm³/mol. The van der Waals surface area contributed by atoms with E-state index in [1.54, 1.807) is 19.0 Å². The quantitative estimate of drug-likeness (QED) is 0.608. The number of nitrogens with zero attached hydrogens (tertiary/aromatic N) is 1. The summed E-state index contributed by atoms with van der Waals surface area (Å²) in [5.41, 5.74) is 0.152. The largest absolute Gasteiger partial charge is 0.504 e. The van der Waals surface area contributed by atoms with E-state index in [1.165, 1.54) is 18.2 Å². The zero-order valence-corrected chi connectivity index (χ0v) is 9.41. The number of benzene rings is 1. The first-order valence-corrected chi connectivity index (χ1v) is 4.21. The Kier molecular flexibility index (Phi) is 5.11. The molecule has 0 radical (unpaired) electrons. The predicted octanol–water partition coefficient (Wildman–Crippen LogP) is 1.26. The highest BCUT2D eigenvalue weighted by atomic mass is 35.5. The molecule has 0 spiro atoms. The normalized spacial score (nSPS) is 9.80. The van der Waals surface area contributed by atoms with E-state index in [-0.39, 0.29) is 41.8 Å². The van der Waals surface area contributed by atoms with Crippen LogP contribution < -0.4 is 0 Å². The molecule has 0 aliphatic heterocycles. The monoisotopic (exact) mass is 231 g/mol. The molecule has 1 rings (SSSR count). The van der Waals surface area contributed by atoms with Crippen LogP contribution in [0.3, 0.4) is 0 Å². The number of phenolic OH excluding ortho intramolecular Hbond substituents is 2. The number of para-hydroxylation sites is 1. The lowest BCUT2D eigenvalue weighted by atomic mass is 10.1. The second-order valence-corrected chi connectivity index (χ2v) is 3.33. The van der Waals surface area contributed by atoms with Crippen LogP contribution in [0.25, 0.3) is 0 Å². The lowest BCUT2D eigenvalue weighted by molar-refractivity contribution is 0.0954. The average Bonchev–Trinajstić information content (AvgIpc) is 2.08. The Morgan fingerprint density at radius 3 is 2.47 bits per heavy atom. The maximum absolute atomic E-state index is 11.5. The molecule has 84 valence electrons.